The molecule has 0 unspecified atom stereocenters. The van der Waals surface area contributed by atoms with Gasteiger partial charge in [-0.15, -0.1) is 0 Å². The zero-order chi connectivity index (χ0) is 10.6. The van der Waals surface area contributed by atoms with E-state index in [-0.39, 0.29) is 13.0 Å². The van der Waals surface area contributed by atoms with E-state index in [1.54, 1.807) is 18.2 Å². The molecule has 0 bridgehead atoms. The van der Waals surface area contributed by atoms with Crippen molar-refractivity contribution in [2.45, 2.75) is 6.42 Å². The van der Waals surface area contributed by atoms with E-state index in [1.165, 1.54) is 0 Å². The Morgan fingerprint density at radius 3 is 2.86 bits per heavy atom. The second-order valence-electron chi connectivity index (χ2n) is 2.57. The standard InChI is InChI=1S/C9H8BrClO3/c10-7-5-6(11)1-2-8(7)14-4-3-9(12)13/h1-2,5H,3-4H2,(H,12,13). The van der Waals surface area contributed by atoms with E-state index < -0.39 is 5.97 Å². The number of carboxylic acid groups (broad SMARTS) is 1. The quantitative estimate of drug-likeness (QED) is 0.922. The van der Waals surface area contributed by atoms with Gasteiger partial charge < -0.3 is 9.84 Å². The average Bonchev–Trinajstić information content (AvgIpc) is 2.08. The molecule has 0 aliphatic heterocycles. The summed E-state index contributed by atoms with van der Waals surface area (Å²) in [5.41, 5.74) is 0. The second-order valence-corrected chi connectivity index (χ2v) is 3.86. The predicted molar refractivity (Wildman–Crippen MR) is 56.9 cm³/mol. The van der Waals surface area contributed by atoms with E-state index in [1.807, 2.05) is 0 Å². The van der Waals surface area contributed by atoms with E-state index in [0.717, 1.165) is 4.47 Å². The van der Waals surface area contributed by atoms with Crippen molar-refractivity contribution in [3.05, 3.63) is 27.7 Å². The second kappa shape index (κ2) is 5.22. The van der Waals surface area contributed by atoms with Gasteiger partial charge in [0.15, 0.2) is 0 Å². The maximum Gasteiger partial charge on any atom is 0.306 e. The van der Waals surface area contributed by atoms with Gasteiger partial charge in [0.1, 0.15) is 5.75 Å². The van der Waals surface area contributed by atoms with E-state index in [2.05, 4.69) is 15.9 Å². The minimum Gasteiger partial charge on any atom is -0.492 e. The van der Waals surface area contributed by atoms with Gasteiger partial charge in [0.2, 0.25) is 0 Å². The summed E-state index contributed by atoms with van der Waals surface area (Å²) >= 11 is 8.98. The fourth-order valence-corrected chi connectivity index (χ4v) is 1.64. The maximum atomic E-state index is 10.2. The monoisotopic (exact) mass is 278 g/mol. The van der Waals surface area contributed by atoms with Crippen molar-refractivity contribution in [2.24, 2.45) is 0 Å². The smallest absolute Gasteiger partial charge is 0.306 e. The van der Waals surface area contributed by atoms with Gasteiger partial charge in [-0.1, -0.05) is 11.6 Å². The van der Waals surface area contributed by atoms with Crippen LogP contribution in [0.1, 0.15) is 6.42 Å². The van der Waals surface area contributed by atoms with E-state index in [9.17, 15) is 4.79 Å². The molecule has 1 aromatic rings. The first kappa shape index (κ1) is 11.3. The van der Waals surface area contributed by atoms with Crippen LogP contribution in [0.2, 0.25) is 5.02 Å². The molecule has 0 aromatic heterocycles. The summed E-state index contributed by atoms with van der Waals surface area (Å²) in [5.74, 6) is -0.286. The first-order chi connectivity index (χ1) is 6.59. The Hall–Kier alpha value is -0.740. The molecule has 0 saturated carbocycles. The number of rotatable bonds is 4. The van der Waals surface area contributed by atoms with Crippen molar-refractivity contribution < 1.29 is 14.6 Å². The molecule has 76 valence electrons. The molecule has 0 fully saturated rings. The van der Waals surface area contributed by atoms with Crippen LogP contribution < -0.4 is 4.74 Å². The maximum absolute atomic E-state index is 10.2. The molecule has 0 saturated heterocycles. The van der Waals surface area contributed by atoms with Gasteiger partial charge in [-0.05, 0) is 34.1 Å². The molecule has 1 N–H and O–H groups in total. The molecule has 0 heterocycles. The van der Waals surface area contributed by atoms with Gasteiger partial charge in [0, 0.05) is 5.02 Å². The third kappa shape index (κ3) is 3.55. The van der Waals surface area contributed by atoms with Crippen molar-refractivity contribution in [2.75, 3.05) is 6.61 Å². The summed E-state index contributed by atoms with van der Waals surface area (Å²) in [6.07, 6.45) is -0.0188. The minimum atomic E-state index is -0.880. The van der Waals surface area contributed by atoms with Crippen LogP contribution in [-0.2, 0) is 4.79 Å². The number of ether oxygens (including phenoxy) is 1. The molecule has 0 radical (unpaired) electrons. The SMILES string of the molecule is O=C(O)CCOc1ccc(Cl)cc1Br. The van der Waals surface area contributed by atoms with Crippen LogP contribution >= 0.6 is 27.5 Å². The number of hydrogen-bond acceptors (Lipinski definition) is 2. The highest BCUT2D eigenvalue weighted by Gasteiger charge is 2.03. The molecule has 0 aliphatic rings. The van der Waals surface area contributed by atoms with Gasteiger partial charge in [-0.3, -0.25) is 4.79 Å². The van der Waals surface area contributed by atoms with Gasteiger partial charge >= 0.3 is 5.97 Å². The van der Waals surface area contributed by atoms with Crippen LogP contribution in [-0.4, -0.2) is 17.7 Å². The summed E-state index contributed by atoms with van der Waals surface area (Å²) < 4.78 is 5.93. The molecular formula is C9H8BrClO3. The Bertz CT molecular complexity index is 341. The largest absolute Gasteiger partial charge is 0.492 e. The number of carboxylic acids is 1. The Kier molecular flexibility index (Phi) is 4.22. The summed E-state index contributed by atoms with van der Waals surface area (Å²) in [7, 11) is 0. The summed E-state index contributed by atoms with van der Waals surface area (Å²) in [4.78, 5) is 10.2. The van der Waals surface area contributed by atoms with Crippen LogP contribution in [0.4, 0.5) is 0 Å². The van der Waals surface area contributed by atoms with Crippen molar-refractivity contribution in [1.82, 2.24) is 0 Å². The van der Waals surface area contributed by atoms with Crippen LogP contribution in [0, 0.1) is 0 Å². The van der Waals surface area contributed by atoms with Crippen LogP contribution in [0.15, 0.2) is 22.7 Å². The minimum absolute atomic E-state index is 0.0188. The highest BCUT2D eigenvalue weighted by molar-refractivity contribution is 9.10. The van der Waals surface area contributed by atoms with E-state index in [4.69, 9.17) is 21.4 Å². The number of aliphatic carboxylic acids is 1. The van der Waals surface area contributed by atoms with Crippen LogP contribution in [0.3, 0.4) is 0 Å². The predicted octanol–water partition coefficient (Wildman–Crippen LogP) is 2.96. The molecule has 3 nitrogen and oxygen atoms in total. The van der Waals surface area contributed by atoms with Crippen molar-refractivity contribution in [1.29, 1.82) is 0 Å². The molecule has 0 atom stereocenters. The molecule has 1 rings (SSSR count). The highest BCUT2D eigenvalue weighted by atomic mass is 79.9. The lowest BCUT2D eigenvalue weighted by Crippen LogP contribution is -2.04. The lowest BCUT2D eigenvalue weighted by atomic mass is 10.3. The Balaban J connectivity index is 2.55. The first-order valence-electron chi connectivity index (χ1n) is 3.89. The normalized spacial score (nSPS) is 9.86. The lowest BCUT2D eigenvalue weighted by molar-refractivity contribution is -0.137. The summed E-state index contributed by atoms with van der Waals surface area (Å²) in [6.45, 7) is 0.148. The lowest BCUT2D eigenvalue weighted by Gasteiger charge is -2.06. The Morgan fingerprint density at radius 2 is 2.29 bits per heavy atom. The molecule has 0 amide bonds. The Morgan fingerprint density at radius 1 is 1.57 bits per heavy atom. The Labute approximate surface area is 94.8 Å². The van der Waals surface area contributed by atoms with E-state index >= 15 is 0 Å². The fraction of sp³-hybridized carbons (Fsp3) is 0.222. The zero-order valence-electron chi connectivity index (χ0n) is 7.17. The number of halogens is 2. The topological polar surface area (TPSA) is 46.5 Å². The number of carbonyl (C=O) groups is 1. The molecule has 0 aliphatic carbocycles. The molecular weight excluding hydrogens is 271 g/mol. The van der Waals surface area contributed by atoms with Crippen molar-refractivity contribution in [3.8, 4) is 5.75 Å². The molecule has 0 spiro atoms. The third-order valence-electron chi connectivity index (χ3n) is 1.47. The molecule has 14 heavy (non-hydrogen) atoms. The van der Waals surface area contributed by atoms with Gasteiger partial charge in [-0.25, -0.2) is 0 Å². The highest BCUT2D eigenvalue weighted by Crippen LogP contribution is 2.27. The average molecular weight is 280 g/mol. The molecule has 5 heteroatoms. The summed E-state index contributed by atoms with van der Waals surface area (Å²) in [5, 5.41) is 8.99. The van der Waals surface area contributed by atoms with Gasteiger partial charge in [-0.2, -0.15) is 0 Å². The third-order valence-corrected chi connectivity index (χ3v) is 2.32. The van der Waals surface area contributed by atoms with Crippen molar-refractivity contribution in [3.63, 3.8) is 0 Å². The van der Waals surface area contributed by atoms with Crippen molar-refractivity contribution >= 4 is 33.5 Å². The van der Waals surface area contributed by atoms with Crippen LogP contribution in [0.5, 0.6) is 5.75 Å². The van der Waals surface area contributed by atoms with Gasteiger partial charge in [0.05, 0.1) is 17.5 Å². The fourth-order valence-electron chi connectivity index (χ4n) is 0.841. The van der Waals surface area contributed by atoms with E-state index in [0.29, 0.717) is 10.8 Å². The van der Waals surface area contributed by atoms with Gasteiger partial charge in [0.25, 0.3) is 0 Å². The zero-order valence-corrected chi connectivity index (χ0v) is 9.51. The molecule has 1 aromatic carbocycles. The number of hydrogen-bond donors (Lipinski definition) is 1. The first-order valence-corrected chi connectivity index (χ1v) is 5.06. The summed E-state index contributed by atoms with van der Waals surface area (Å²) in [6, 6.07) is 5.06. The number of benzene rings is 1. The van der Waals surface area contributed by atoms with Crippen LogP contribution in [0.25, 0.3) is 0 Å².